The van der Waals surface area contributed by atoms with Crippen molar-refractivity contribution in [3.05, 3.63) is 35.4 Å². The number of hydrogen-bond acceptors (Lipinski definition) is 1. The monoisotopic (exact) mass is 283 g/mol. The Hall–Kier alpha value is -1.03. The highest BCUT2D eigenvalue weighted by molar-refractivity contribution is 5.36. The van der Waals surface area contributed by atoms with E-state index in [0.717, 1.165) is 31.0 Å². The first-order valence-electron chi connectivity index (χ1n) is 7.22. The van der Waals surface area contributed by atoms with E-state index >= 15 is 0 Å². The molecular formula is C16H20F3N. The lowest BCUT2D eigenvalue weighted by molar-refractivity contribution is -0.137. The molecule has 0 amide bonds. The number of halogens is 3. The van der Waals surface area contributed by atoms with Crippen molar-refractivity contribution >= 4 is 0 Å². The van der Waals surface area contributed by atoms with Crippen molar-refractivity contribution in [1.29, 1.82) is 0 Å². The van der Waals surface area contributed by atoms with Crippen molar-refractivity contribution in [3.63, 3.8) is 0 Å². The predicted octanol–water partition coefficient (Wildman–Crippen LogP) is 4.13. The maximum atomic E-state index is 12.9. The Kier molecular flexibility index (Phi) is 3.12. The molecule has 0 atom stereocenters. The lowest BCUT2D eigenvalue weighted by Gasteiger charge is -2.61. The van der Waals surface area contributed by atoms with Crippen LogP contribution in [0.25, 0.3) is 0 Å². The van der Waals surface area contributed by atoms with Crippen LogP contribution < -0.4 is 5.32 Å². The average Bonchev–Trinajstić information content (AvgIpc) is 2.30. The molecule has 1 aromatic rings. The molecule has 0 bridgehead atoms. The summed E-state index contributed by atoms with van der Waals surface area (Å²) in [5.74, 6) is 0. The lowest BCUT2D eigenvalue weighted by Crippen LogP contribution is -2.57. The smallest absolute Gasteiger partial charge is 0.319 e. The van der Waals surface area contributed by atoms with Gasteiger partial charge in [-0.25, -0.2) is 0 Å². The minimum Gasteiger partial charge on any atom is -0.319 e. The molecule has 1 nitrogen and oxygen atoms in total. The summed E-state index contributed by atoms with van der Waals surface area (Å²) in [6.45, 7) is 0.760. The number of rotatable bonds is 3. The van der Waals surface area contributed by atoms with Gasteiger partial charge in [-0.1, -0.05) is 24.6 Å². The van der Waals surface area contributed by atoms with Crippen LogP contribution in [0.1, 0.15) is 43.2 Å². The van der Waals surface area contributed by atoms with Crippen LogP contribution in [0.3, 0.4) is 0 Å². The van der Waals surface area contributed by atoms with E-state index in [0.29, 0.717) is 5.41 Å². The molecule has 2 aliphatic carbocycles. The molecule has 110 valence electrons. The van der Waals surface area contributed by atoms with Crippen LogP contribution in [0, 0.1) is 5.41 Å². The first-order valence-corrected chi connectivity index (χ1v) is 7.22. The van der Waals surface area contributed by atoms with Gasteiger partial charge in [0.15, 0.2) is 0 Å². The minimum absolute atomic E-state index is 0.101. The standard InChI is InChI=1S/C16H20F3N/c1-20-11-15(9-14(10-15)6-3-7-14)12-4-2-5-13(8-12)16(17,18)19/h2,4-5,8,20H,3,6-7,9-11H2,1H3. The molecule has 1 aromatic carbocycles. The van der Waals surface area contributed by atoms with Crippen molar-refractivity contribution < 1.29 is 13.2 Å². The van der Waals surface area contributed by atoms with Gasteiger partial charge in [0, 0.05) is 12.0 Å². The van der Waals surface area contributed by atoms with E-state index in [4.69, 9.17) is 0 Å². The summed E-state index contributed by atoms with van der Waals surface area (Å²) in [5.41, 5.74) is 0.654. The summed E-state index contributed by atoms with van der Waals surface area (Å²) >= 11 is 0. The Morgan fingerprint density at radius 3 is 2.40 bits per heavy atom. The second-order valence-corrected chi connectivity index (χ2v) is 6.60. The third-order valence-corrected chi connectivity index (χ3v) is 5.16. The SMILES string of the molecule is CNCC1(c2cccc(C(F)(F)F)c2)CC2(CCC2)C1. The highest BCUT2D eigenvalue weighted by atomic mass is 19.4. The molecule has 2 aliphatic rings. The maximum absolute atomic E-state index is 12.9. The van der Waals surface area contributed by atoms with Gasteiger partial charge in [0.05, 0.1) is 5.56 Å². The fourth-order valence-corrected chi connectivity index (χ4v) is 4.21. The molecule has 0 heterocycles. The number of alkyl halides is 3. The van der Waals surface area contributed by atoms with E-state index in [-0.39, 0.29) is 5.41 Å². The fraction of sp³-hybridized carbons (Fsp3) is 0.625. The molecule has 0 unspecified atom stereocenters. The second-order valence-electron chi connectivity index (χ2n) is 6.60. The fourth-order valence-electron chi connectivity index (χ4n) is 4.21. The van der Waals surface area contributed by atoms with E-state index in [1.165, 1.54) is 25.3 Å². The molecular weight excluding hydrogens is 263 g/mol. The van der Waals surface area contributed by atoms with Crippen molar-refractivity contribution in [1.82, 2.24) is 5.32 Å². The predicted molar refractivity (Wildman–Crippen MR) is 72.6 cm³/mol. The molecule has 2 fully saturated rings. The molecule has 1 spiro atoms. The van der Waals surface area contributed by atoms with Gasteiger partial charge in [0.1, 0.15) is 0 Å². The molecule has 1 N–H and O–H groups in total. The highest BCUT2D eigenvalue weighted by Gasteiger charge is 2.57. The molecule has 0 aromatic heterocycles. The zero-order valence-corrected chi connectivity index (χ0v) is 11.7. The topological polar surface area (TPSA) is 12.0 Å². The summed E-state index contributed by atoms with van der Waals surface area (Å²) in [6.07, 6.45) is 1.58. The molecule has 0 radical (unpaired) electrons. The minimum atomic E-state index is -4.26. The van der Waals surface area contributed by atoms with Crippen LogP contribution in [0.15, 0.2) is 24.3 Å². The first-order chi connectivity index (χ1) is 9.39. The molecule has 20 heavy (non-hydrogen) atoms. The van der Waals surface area contributed by atoms with E-state index in [1.54, 1.807) is 6.07 Å². The van der Waals surface area contributed by atoms with Crippen LogP contribution in [0.2, 0.25) is 0 Å². The zero-order valence-electron chi connectivity index (χ0n) is 11.7. The molecule has 0 saturated heterocycles. The zero-order chi connectivity index (χ0) is 14.4. The van der Waals surface area contributed by atoms with Crippen LogP contribution >= 0.6 is 0 Å². The second kappa shape index (κ2) is 4.48. The average molecular weight is 283 g/mol. The number of hydrogen-bond donors (Lipinski definition) is 1. The largest absolute Gasteiger partial charge is 0.416 e. The normalized spacial score (nSPS) is 23.2. The van der Waals surface area contributed by atoms with Gasteiger partial charge < -0.3 is 5.32 Å². The third-order valence-electron chi connectivity index (χ3n) is 5.16. The first kappa shape index (κ1) is 13.9. The van der Waals surface area contributed by atoms with Gasteiger partial charge in [-0.3, -0.25) is 0 Å². The van der Waals surface area contributed by atoms with Crippen LogP contribution in [0.4, 0.5) is 13.2 Å². The quantitative estimate of drug-likeness (QED) is 0.879. The van der Waals surface area contributed by atoms with E-state index in [1.807, 2.05) is 13.1 Å². The van der Waals surface area contributed by atoms with Crippen molar-refractivity contribution in [3.8, 4) is 0 Å². The summed E-state index contributed by atoms with van der Waals surface area (Å²) in [7, 11) is 1.88. The van der Waals surface area contributed by atoms with Gasteiger partial charge in [-0.15, -0.1) is 0 Å². The Morgan fingerprint density at radius 2 is 1.90 bits per heavy atom. The van der Waals surface area contributed by atoms with Crippen molar-refractivity contribution in [2.75, 3.05) is 13.6 Å². The Labute approximate surface area is 117 Å². The Balaban J connectivity index is 1.89. The summed E-state index contributed by atoms with van der Waals surface area (Å²) in [6, 6.07) is 5.91. The summed E-state index contributed by atoms with van der Waals surface area (Å²) in [4.78, 5) is 0. The van der Waals surface area contributed by atoms with Gasteiger partial charge >= 0.3 is 6.18 Å². The molecule has 3 rings (SSSR count). The number of likely N-dealkylation sites (N-methyl/N-ethyl adjacent to an activating group) is 1. The van der Waals surface area contributed by atoms with Crippen LogP contribution in [0.5, 0.6) is 0 Å². The van der Waals surface area contributed by atoms with E-state index < -0.39 is 11.7 Å². The Morgan fingerprint density at radius 1 is 1.20 bits per heavy atom. The molecule has 2 saturated carbocycles. The van der Waals surface area contributed by atoms with E-state index in [9.17, 15) is 13.2 Å². The number of benzene rings is 1. The highest BCUT2D eigenvalue weighted by Crippen LogP contribution is 2.64. The van der Waals surface area contributed by atoms with Gasteiger partial charge in [-0.2, -0.15) is 13.2 Å². The lowest BCUT2D eigenvalue weighted by atomic mass is 9.43. The van der Waals surface area contributed by atoms with Gasteiger partial charge in [-0.05, 0) is 49.8 Å². The van der Waals surface area contributed by atoms with E-state index in [2.05, 4.69) is 5.32 Å². The van der Waals surface area contributed by atoms with Crippen LogP contribution in [-0.4, -0.2) is 13.6 Å². The van der Waals surface area contributed by atoms with Crippen molar-refractivity contribution in [2.45, 2.75) is 43.7 Å². The number of nitrogens with one attached hydrogen (secondary N) is 1. The third kappa shape index (κ3) is 2.14. The van der Waals surface area contributed by atoms with Crippen LogP contribution in [-0.2, 0) is 11.6 Å². The Bertz CT molecular complexity index is 495. The van der Waals surface area contributed by atoms with Gasteiger partial charge in [0.2, 0.25) is 0 Å². The molecule has 4 heteroatoms. The molecule has 0 aliphatic heterocycles. The van der Waals surface area contributed by atoms with Crippen molar-refractivity contribution in [2.24, 2.45) is 5.41 Å². The maximum Gasteiger partial charge on any atom is 0.416 e. The van der Waals surface area contributed by atoms with Gasteiger partial charge in [0.25, 0.3) is 0 Å². The summed E-state index contributed by atoms with van der Waals surface area (Å²) in [5, 5.41) is 3.17. The summed E-state index contributed by atoms with van der Waals surface area (Å²) < 4.78 is 38.6.